The Morgan fingerprint density at radius 2 is 1.77 bits per heavy atom. The molecule has 0 radical (unpaired) electrons. The molecule has 9 heteroatoms. The van der Waals surface area contributed by atoms with Gasteiger partial charge in [-0.3, -0.25) is 4.79 Å². The first-order chi connectivity index (χ1) is 14.0. The molecule has 4 N–H and O–H groups in total. The topological polar surface area (TPSA) is 138 Å². The molecule has 2 aliphatic rings. The lowest BCUT2D eigenvalue weighted by Gasteiger charge is -2.39. The summed E-state index contributed by atoms with van der Waals surface area (Å²) >= 11 is 0. The number of carboxylic acid groups (broad SMARTS) is 2. The van der Waals surface area contributed by atoms with E-state index in [1.807, 2.05) is 13.8 Å². The van der Waals surface area contributed by atoms with Gasteiger partial charge in [-0.05, 0) is 23.6 Å². The molecular weight excluding hydrogens is 408 g/mol. The van der Waals surface area contributed by atoms with E-state index in [1.165, 1.54) is 16.5 Å². The molecule has 1 aromatic rings. The van der Waals surface area contributed by atoms with Crippen LogP contribution in [0.5, 0.6) is 0 Å². The highest BCUT2D eigenvalue weighted by Crippen LogP contribution is 2.45. The van der Waals surface area contributed by atoms with Gasteiger partial charge in [0.2, 0.25) is 10.0 Å². The lowest BCUT2D eigenvalue weighted by atomic mass is 9.62. The Morgan fingerprint density at radius 3 is 2.17 bits per heavy atom. The van der Waals surface area contributed by atoms with Crippen LogP contribution >= 0.6 is 0 Å². The van der Waals surface area contributed by atoms with Crippen molar-refractivity contribution in [1.29, 1.82) is 0 Å². The minimum absolute atomic E-state index is 0.0686. The third-order valence-electron chi connectivity index (χ3n) is 5.69. The summed E-state index contributed by atoms with van der Waals surface area (Å²) in [5.41, 5.74) is 5.66. The van der Waals surface area contributed by atoms with Crippen LogP contribution < -0.4 is 5.73 Å². The Kier molecular flexibility index (Phi) is 7.23. The number of nitrogens with zero attached hydrogens (tertiary/aromatic N) is 1. The third kappa shape index (κ3) is 4.80. The maximum Gasteiger partial charge on any atom is 0.332 e. The van der Waals surface area contributed by atoms with E-state index in [2.05, 4.69) is 0 Å². The van der Waals surface area contributed by atoms with E-state index in [1.54, 1.807) is 37.3 Å². The fourth-order valence-electron chi connectivity index (χ4n) is 3.35. The van der Waals surface area contributed by atoms with Crippen LogP contribution in [0, 0.1) is 17.3 Å². The Balaban J connectivity index is 0.000000215. The second-order valence-electron chi connectivity index (χ2n) is 7.78. The molecule has 30 heavy (non-hydrogen) atoms. The molecule has 1 aliphatic heterocycles. The van der Waals surface area contributed by atoms with E-state index in [4.69, 9.17) is 15.9 Å². The summed E-state index contributed by atoms with van der Waals surface area (Å²) in [4.78, 5) is 22.7. The second-order valence-corrected chi connectivity index (χ2v) is 9.71. The number of hydrogen-bond acceptors (Lipinski definition) is 5. The van der Waals surface area contributed by atoms with Crippen molar-refractivity contribution in [2.24, 2.45) is 23.0 Å². The van der Waals surface area contributed by atoms with Gasteiger partial charge in [0.25, 0.3) is 0 Å². The first-order valence-electron chi connectivity index (χ1n) is 9.60. The molecule has 1 unspecified atom stereocenters. The summed E-state index contributed by atoms with van der Waals surface area (Å²) < 4.78 is 24.8. The molecule has 1 aromatic carbocycles. The Morgan fingerprint density at radius 1 is 1.20 bits per heavy atom. The predicted octanol–water partition coefficient (Wildman–Crippen LogP) is 2.08. The number of hydrogen-bond donors (Lipinski definition) is 3. The zero-order chi connectivity index (χ0) is 22.7. The molecule has 1 heterocycles. The fraction of sp³-hybridized carbons (Fsp3) is 0.429. The molecule has 0 amide bonds. The lowest BCUT2D eigenvalue weighted by molar-refractivity contribution is -0.145. The van der Waals surface area contributed by atoms with Crippen LogP contribution in [-0.4, -0.2) is 48.0 Å². The van der Waals surface area contributed by atoms with Crippen LogP contribution in [0.3, 0.4) is 0 Å². The standard InChI is InChI=1S/C12H16O4.C9H12N2O2S/c1-7(2)12(3)8(10(13)14)5-4-6-9(12)11(15)16;10-7-8-1-3-9(4-2-8)14(12,13)11-5-6-11/h4-8H,1-3H3,(H,13,14)(H,15,16);1-4H,5-7,10H2/t8?,12-;/m0./s1. The van der Waals surface area contributed by atoms with Gasteiger partial charge in [0.05, 0.1) is 10.8 Å². The molecule has 1 saturated heterocycles. The van der Waals surface area contributed by atoms with Gasteiger partial charge in [-0.2, -0.15) is 4.31 Å². The Bertz CT molecular complexity index is 962. The van der Waals surface area contributed by atoms with Crippen molar-refractivity contribution >= 4 is 22.0 Å². The van der Waals surface area contributed by atoms with Crippen LogP contribution in [0.4, 0.5) is 0 Å². The first-order valence-corrected chi connectivity index (χ1v) is 11.0. The van der Waals surface area contributed by atoms with E-state index >= 15 is 0 Å². The fourth-order valence-corrected chi connectivity index (χ4v) is 4.69. The minimum Gasteiger partial charge on any atom is -0.481 e. The smallest absolute Gasteiger partial charge is 0.332 e. The first kappa shape index (κ1) is 23.8. The molecule has 1 fully saturated rings. The molecule has 2 atom stereocenters. The lowest BCUT2D eigenvalue weighted by Crippen LogP contribution is -2.41. The van der Waals surface area contributed by atoms with Gasteiger partial charge in [-0.25, -0.2) is 13.2 Å². The normalized spacial score (nSPS) is 23.4. The minimum atomic E-state index is -3.20. The number of nitrogens with two attached hydrogens (primary N) is 1. The van der Waals surface area contributed by atoms with E-state index in [9.17, 15) is 18.0 Å². The van der Waals surface area contributed by atoms with Gasteiger partial charge < -0.3 is 15.9 Å². The van der Waals surface area contributed by atoms with Crippen LogP contribution in [0.1, 0.15) is 26.3 Å². The molecule has 8 nitrogen and oxygen atoms in total. The zero-order valence-corrected chi connectivity index (χ0v) is 18.1. The summed E-state index contributed by atoms with van der Waals surface area (Å²) in [6, 6.07) is 6.71. The number of carboxylic acids is 2. The average Bonchev–Trinajstić information content (AvgIpc) is 3.54. The van der Waals surface area contributed by atoms with Gasteiger partial charge in [0.1, 0.15) is 0 Å². The molecule has 1 aliphatic carbocycles. The molecule has 0 spiro atoms. The van der Waals surface area contributed by atoms with Crippen LogP contribution in [0.2, 0.25) is 0 Å². The molecule has 0 bridgehead atoms. The second kappa shape index (κ2) is 9.11. The summed E-state index contributed by atoms with van der Waals surface area (Å²) in [6.45, 7) is 7.09. The van der Waals surface area contributed by atoms with Crippen LogP contribution in [0.15, 0.2) is 53.0 Å². The molecule has 0 aromatic heterocycles. The maximum atomic E-state index is 11.7. The largest absolute Gasteiger partial charge is 0.481 e. The molecular formula is C21H28N2O6S. The van der Waals surface area contributed by atoms with E-state index < -0.39 is 33.3 Å². The van der Waals surface area contributed by atoms with Crippen LogP contribution in [0.25, 0.3) is 0 Å². The number of sulfonamides is 1. The van der Waals surface area contributed by atoms with Crippen molar-refractivity contribution in [3.05, 3.63) is 53.6 Å². The highest BCUT2D eigenvalue weighted by molar-refractivity contribution is 7.89. The molecule has 164 valence electrons. The van der Waals surface area contributed by atoms with Crippen molar-refractivity contribution in [2.75, 3.05) is 13.1 Å². The van der Waals surface area contributed by atoms with Gasteiger partial charge in [-0.15, -0.1) is 0 Å². The number of benzene rings is 1. The van der Waals surface area contributed by atoms with Crippen molar-refractivity contribution in [3.63, 3.8) is 0 Å². The summed E-state index contributed by atoms with van der Waals surface area (Å²) in [5.74, 6) is -2.89. The van der Waals surface area contributed by atoms with E-state index in [0.717, 1.165) is 5.56 Å². The Labute approximate surface area is 176 Å². The highest BCUT2D eigenvalue weighted by Gasteiger charge is 2.46. The SMILES string of the molecule is CC(C)[C@]1(C)C(C(=O)O)=CC=CC1C(=O)O.NCc1ccc(S(=O)(=O)N2CC2)cc1. The number of aliphatic carboxylic acids is 2. The third-order valence-corrected chi connectivity index (χ3v) is 7.60. The molecule has 3 rings (SSSR count). The number of carbonyl (C=O) groups is 2. The monoisotopic (exact) mass is 436 g/mol. The van der Waals surface area contributed by atoms with E-state index in [-0.39, 0.29) is 11.5 Å². The number of allylic oxidation sites excluding steroid dienone is 2. The van der Waals surface area contributed by atoms with Gasteiger partial charge in [-0.1, -0.05) is 51.1 Å². The molecule has 0 saturated carbocycles. The quantitative estimate of drug-likeness (QED) is 0.580. The summed E-state index contributed by atoms with van der Waals surface area (Å²) in [6.07, 6.45) is 4.54. The average molecular weight is 437 g/mol. The summed E-state index contributed by atoms with van der Waals surface area (Å²) in [7, 11) is -3.20. The summed E-state index contributed by atoms with van der Waals surface area (Å²) in [5, 5.41) is 18.3. The highest BCUT2D eigenvalue weighted by atomic mass is 32.2. The van der Waals surface area contributed by atoms with Crippen molar-refractivity contribution < 1.29 is 28.2 Å². The van der Waals surface area contributed by atoms with Gasteiger partial charge in [0, 0.05) is 30.6 Å². The van der Waals surface area contributed by atoms with Crippen molar-refractivity contribution in [2.45, 2.75) is 32.2 Å². The van der Waals surface area contributed by atoms with Crippen LogP contribution in [-0.2, 0) is 26.2 Å². The van der Waals surface area contributed by atoms with E-state index in [0.29, 0.717) is 24.5 Å². The predicted molar refractivity (Wildman–Crippen MR) is 112 cm³/mol. The van der Waals surface area contributed by atoms with Gasteiger partial charge >= 0.3 is 11.9 Å². The maximum absolute atomic E-state index is 11.7. The van der Waals surface area contributed by atoms with Crippen molar-refractivity contribution in [1.82, 2.24) is 4.31 Å². The number of rotatable bonds is 6. The Hall–Kier alpha value is -2.49. The zero-order valence-electron chi connectivity index (χ0n) is 17.3. The van der Waals surface area contributed by atoms with Gasteiger partial charge in [0.15, 0.2) is 0 Å². The van der Waals surface area contributed by atoms with Crippen molar-refractivity contribution in [3.8, 4) is 0 Å².